The highest BCUT2D eigenvalue weighted by atomic mass is 16.5. The molecule has 0 aliphatic carbocycles. The normalized spacial score (nSPS) is 10.8. The number of ether oxygens (including phenoxy) is 2. The van der Waals surface area contributed by atoms with E-state index in [2.05, 4.69) is 12.2 Å². The number of rotatable bonds is 13. The number of para-hydroxylation sites is 3. The van der Waals surface area contributed by atoms with Gasteiger partial charge < -0.3 is 24.9 Å². The van der Waals surface area contributed by atoms with Crippen LogP contribution < -0.4 is 20.7 Å². The van der Waals surface area contributed by atoms with Crippen molar-refractivity contribution in [2.24, 2.45) is 0 Å². The number of anilines is 3. The van der Waals surface area contributed by atoms with E-state index in [-0.39, 0.29) is 12.5 Å². The molecule has 0 spiro atoms. The number of hydrogen-bond donors (Lipinski definition) is 2. The van der Waals surface area contributed by atoms with Gasteiger partial charge in [0.25, 0.3) is 5.91 Å². The summed E-state index contributed by atoms with van der Waals surface area (Å²) in [6, 6.07) is 21.6. The van der Waals surface area contributed by atoms with Crippen molar-refractivity contribution >= 4 is 40.5 Å². The van der Waals surface area contributed by atoms with Gasteiger partial charge in [-0.2, -0.15) is 0 Å². The van der Waals surface area contributed by atoms with E-state index in [1.807, 2.05) is 24.3 Å². The van der Waals surface area contributed by atoms with Crippen LogP contribution >= 0.6 is 0 Å². The van der Waals surface area contributed by atoms with Gasteiger partial charge in [0, 0.05) is 29.5 Å². The summed E-state index contributed by atoms with van der Waals surface area (Å²) in [5.74, 6) is 0.823. The van der Waals surface area contributed by atoms with Gasteiger partial charge in [0.05, 0.1) is 24.5 Å². The topological polar surface area (TPSA) is 107 Å². The van der Waals surface area contributed by atoms with Gasteiger partial charge in [0.1, 0.15) is 17.9 Å². The Labute approximate surface area is 216 Å². The van der Waals surface area contributed by atoms with Gasteiger partial charge in [-0.15, -0.1) is 0 Å². The van der Waals surface area contributed by atoms with Crippen molar-refractivity contribution in [3.63, 3.8) is 0 Å². The monoisotopic (exact) mass is 501 g/mol. The van der Waals surface area contributed by atoms with Gasteiger partial charge in [-0.25, -0.2) is 0 Å². The lowest BCUT2D eigenvalue weighted by molar-refractivity contribution is -0.107. The van der Waals surface area contributed by atoms with E-state index in [0.29, 0.717) is 54.8 Å². The van der Waals surface area contributed by atoms with Gasteiger partial charge in [-0.3, -0.25) is 14.5 Å². The zero-order chi connectivity index (χ0) is 26.0. The number of furan rings is 1. The lowest BCUT2D eigenvalue weighted by Crippen LogP contribution is -2.27. The molecule has 0 atom stereocenters. The smallest absolute Gasteiger partial charge is 0.255 e. The van der Waals surface area contributed by atoms with Crippen LogP contribution in [0.15, 0.2) is 77.2 Å². The van der Waals surface area contributed by atoms with Gasteiger partial charge in [-0.05, 0) is 48.9 Å². The minimum Gasteiger partial charge on any atom is -0.492 e. The average molecular weight is 502 g/mol. The summed E-state index contributed by atoms with van der Waals surface area (Å²) in [7, 11) is 0. The molecule has 3 N–H and O–H groups in total. The fraction of sp³-hybridized carbons (Fsp3) is 0.241. The van der Waals surface area contributed by atoms with Gasteiger partial charge in [-0.1, -0.05) is 37.3 Å². The van der Waals surface area contributed by atoms with Gasteiger partial charge in [0.2, 0.25) is 12.3 Å². The fourth-order valence-electron chi connectivity index (χ4n) is 3.95. The van der Waals surface area contributed by atoms with Crippen molar-refractivity contribution in [2.75, 3.05) is 42.3 Å². The molecule has 1 heterocycles. The van der Waals surface area contributed by atoms with Crippen LogP contribution in [0.25, 0.3) is 11.0 Å². The van der Waals surface area contributed by atoms with Crippen LogP contribution in [0.1, 0.15) is 29.3 Å². The van der Waals surface area contributed by atoms with Crippen molar-refractivity contribution in [1.29, 1.82) is 0 Å². The Morgan fingerprint density at radius 3 is 2.51 bits per heavy atom. The molecule has 0 unspecified atom stereocenters. The average Bonchev–Trinajstić information content (AvgIpc) is 3.29. The lowest BCUT2D eigenvalue weighted by Gasteiger charge is -2.17. The van der Waals surface area contributed by atoms with Crippen molar-refractivity contribution < 1.29 is 23.5 Å². The molecule has 3 aromatic carbocycles. The number of nitrogens with zero attached hydrogens (tertiary/aromatic N) is 1. The highest BCUT2D eigenvalue weighted by Gasteiger charge is 2.19. The largest absolute Gasteiger partial charge is 0.492 e. The molecule has 192 valence electrons. The van der Waals surface area contributed by atoms with Crippen molar-refractivity contribution in [3.05, 3.63) is 83.9 Å². The van der Waals surface area contributed by atoms with Crippen LogP contribution in [0.4, 0.5) is 17.3 Å². The molecule has 0 saturated heterocycles. The molecule has 8 heteroatoms. The number of benzene rings is 3. The molecular weight excluding hydrogens is 470 g/mol. The van der Waals surface area contributed by atoms with Crippen LogP contribution in [0.5, 0.6) is 5.75 Å². The molecule has 0 fully saturated rings. The highest BCUT2D eigenvalue weighted by molar-refractivity contribution is 6.05. The molecule has 8 nitrogen and oxygen atoms in total. The number of amides is 2. The summed E-state index contributed by atoms with van der Waals surface area (Å²) in [6.07, 6.45) is 2.33. The quantitative estimate of drug-likeness (QED) is 0.147. The summed E-state index contributed by atoms with van der Waals surface area (Å²) in [5, 5.41) is 3.77. The number of hydrogen-bond acceptors (Lipinski definition) is 6. The third-order valence-electron chi connectivity index (χ3n) is 5.84. The molecular formula is C29H31N3O5. The molecule has 0 aliphatic rings. The van der Waals surface area contributed by atoms with E-state index in [1.54, 1.807) is 48.5 Å². The first-order valence-electron chi connectivity index (χ1n) is 12.3. The molecule has 0 saturated carbocycles. The maximum Gasteiger partial charge on any atom is 0.255 e. The Balaban J connectivity index is 1.37. The second kappa shape index (κ2) is 12.6. The minimum atomic E-state index is -0.267. The van der Waals surface area contributed by atoms with E-state index in [9.17, 15) is 9.59 Å². The second-order valence-corrected chi connectivity index (χ2v) is 8.46. The predicted octanol–water partition coefficient (Wildman–Crippen LogP) is 5.28. The predicted molar refractivity (Wildman–Crippen MR) is 145 cm³/mol. The first kappa shape index (κ1) is 25.8. The standard InChI is InChI=1S/C29H31N3O5/c1-2-17-35-18-15-24-23-7-3-6-10-27(23)37-29(24)32(20-33)16-19-36-22-13-11-21(12-14-22)28(34)31-26-9-5-4-8-25(26)30/h3-14,20H,2,15-19,30H2,1H3,(H,31,34). The molecule has 1 aromatic heterocycles. The van der Waals surface area contributed by atoms with Crippen LogP contribution in [-0.4, -0.2) is 38.7 Å². The maximum atomic E-state index is 12.5. The third kappa shape index (κ3) is 6.48. The first-order chi connectivity index (χ1) is 18.1. The number of nitrogens with two attached hydrogens (primary N) is 1. The number of carbonyl (C=O) groups is 2. The molecule has 37 heavy (non-hydrogen) atoms. The van der Waals surface area contributed by atoms with Gasteiger partial charge in [0.15, 0.2) is 0 Å². The first-order valence-corrected chi connectivity index (χ1v) is 12.3. The lowest BCUT2D eigenvalue weighted by atomic mass is 10.1. The SMILES string of the molecule is CCCOCCc1c(N(C=O)CCOc2ccc(C(=O)Nc3ccccc3N)cc2)oc2ccccc12. The maximum absolute atomic E-state index is 12.5. The molecule has 0 radical (unpaired) electrons. The van der Waals surface area contributed by atoms with E-state index in [4.69, 9.17) is 19.6 Å². The summed E-state index contributed by atoms with van der Waals surface area (Å²) in [5.41, 5.74) is 9.09. The summed E-state index contributed by atoms with van der Waals surface area (Å²) >= 11 is 0. The van der Waals surface area contributed by atoms with E-state index in [0.717, 1.165) is 29.4 Å². The van der Waals surface area contributed by atoms with Gasteiger partial charge >= 0.3 is 0 Å². The molecule has 4 aromatic rings. The summed E-state index contributed by atoms with van der Waals surface area (Å²) < 4.78 is 17.6. The Hall–Kier alpha value is -4.30. The summed E-state index contributed by atoms with van der Waals surface area (Å²) in [4.78, 5) is 26.0. The van der Waals surface area contributed by atoms with E-state index >= 15 is 0 Å². The van der Waals surface area contributed by atoms with Crippen molar-refractivity contribution in [3.8, 4) is 5.75 Å². The highest BCUT2D eigenvalue weighted by Crippen LogP contribution is 2.32. The Morgan fingerprint density at radius 1 is 1.00 bits per heavy atom. The molecule has 0 bridgehead atoms. The molecule has 2 amide bonds. The Kier molecular flexibility index (Phi) is 8.78. The van der Waals surface area contributed by atoms with Crippen LogP contribution in [-0.2, 0) is 16.0 Å². The Bertz CT molecular complexity index is 1330. The van der Waals surface area contributed by atoms with Crippen LogP contribution in [0.3, 0.4) is 0 Å². The second-order valence-electron chi connectivity index (χ2n) is 8.46. The Morgan fingerprint density at radius 2 is 1.76 bits per heavy atom. The zero-order valence-corrected chi connectivity index (χ0v) is 20.8. The number of carbonyl (C=O) groups excluding carboxylic acids is 2. The van der Waals surface area contributed by atoms with E-state index < -0.39 is 0 Å². The zero-order valence-electron chi connectivity index (χ0n) is 20.8. The number of nitrogen functional groups attached to an aromatic ring is 1. The fourth-order valence-corrected chi connectivity index (χ4v) is 3.95. The molecule has 4 rings (SSSR count). The summed E-state index contributed by atoms with van der Waals surface area (Å²) in [6.45, 7) is 3.84. The van der Waals surface area contributed by atoms with Crippen molar-refractivity contribution in [1.82, 2.24) is 0 Å². The van der Waals surface area contributed by atoms with Crippen LogP contribution in [0, 0.1) is 0 Å². The third-order valence-corrected chi connectivity index (χ3v) is 5.84. The number of fused-ring (bicyclic) bond motifs is 1. The van der Waals surface area contributed by atoms with Crippen LogP contribution in [0.2, 0.25) is 0 Å². The minimum absolute atomic E-state index is 0.244. The van der Waals surface area contributed by atoms with Crippen molar-refractivity contribution in [2.45, 2.75) is 19.8 Å². The van der Waals surface area contributed by atoms with E-state index in [1.165, 1.54) is 4.90 Å². The molecule has 0 aliphatic heterocycles. The number of nitrogens with one attached hydrogen (secondary N) is 1.